The van der Waals surface area contributed by atoms with Gasteiger partial charge in [0.2, 0.25) is 0 Å². The molecular weight excluding hydrogens is 274 g/mol. The van der Waals surface area contributed by atoms with Crippen molar-refractivity contribution in [2.45, 2.75) is 19.9 Å². The molecule has 0 saturated carbocycles. The molecule has 0 spiro atoms. The second kappa shape index (κ2) is 7.88. The van der Waals surface area contributed by atoms with Crippen molar-refractivity contribution < 1.29 is 19.5 Å². The Bertz CT molecular complexity index is 513. The van der Waals surface area contributed by atoms with Gasteiger partial charge in [0.25, 0.3) is 5.91 Å². The standard InChI is InChI=1S/C14H19N3O4/c1-9(13(19)20)6-7-16-12(18)11-4-2-10(3-5-11)8-17-14(15)21/h2-5,9H,6-8H2,1H3,(H,16,18)(H,19,20)(H3,15,17,21). The van der Waals surface area contributed by atoms with Crippen LogP contribution in [0.15, 0.2) is 24.3 Å². The molecule has 0 aliphatic rings. The van der Waals surface area contributed by atoms with Gasteiger partial charge < -0.3 is 21.5 Å². The van der Waals surface area contributed by atoms with Crippen molar-refractivity contribution in [3.63, 3.8) is 0 Å². The molecule has 1 aromatic rings. The van der Waals surface area contributed by atoms with Crippen molar-refractivity contribution in [1.29, 1.82) is 0 Å². The molecule has 0 heterocycles. The van der Waals surface area contributed by atoms with Gasteiger partial charge in [-0.15, -0.1) is 0 Å². The molecule has 0 bridgehead atoms. The van der Waals surface area contributed by atoms with Gasteiger partial charge in [0.15, 0.2) is 0 Å². The molecule has 114 valence electrons. The first-order chi connectivity index (χ1) is 9.90. The van der Waals surface area contributed by atoms with Crippen molar-refractivity contribution in [3.8, 4) is 0 Å². The fraction of sp³-hybridized carbons (Fsp3) is 0.357. The summed E-state index contributed by atoms with van der Waals surface area (Å²) in [7, 11) is 0. The topological polar surface area (TPSA) is 122 Å². The summed E-state index contributed by atoms with van der Waals surface area (Å²) in [5.41, 5.74) is 6.26. The van der Waals surface area contributed by atoms with E-state index in [9.17, 15) is 14.4 Å². The SMILES string of the molecule is CC(CCNC(=O)c1ccc(CNC(N)=O)cc1)C(=O)O. The fourth-order valence-electron chi connectivity index (χ4n) is 1.59. The summed E-state index contributed by atoms with van der Waals surface area (Å²) in [4.78, 5) is 33.0. The van der Waals surface area contributed by atoms with Gasteiger partial charge in [-0.2, -0.15) is 0 Å². The predicted molar refractivity (Wildman–Crippen MR) is 76.6 cm³/mol. The molecule has 0 radical (unpaired) electrons. The van der Waals surface area contributed by atoms with Gasteiger partial charge in [-0.05, 0) is 24.1 Å². The number of carbonyl (C=O) groups is 3. The third kappa shape index (κ3) is 5.94. The van der Waals surface area contributed by atoms with Gasteiger partial charge in [-0.1, -0.05) is 19.1 Å². The Morgan fingerprint density at radius 2 is 1.81 bits per heavy atom. The predicted octanol–water partition coefficient (Wildman–Crippen LogP) is 0.695. The van der Waals surface area contributed by atoms with E-state index in [4.69, 9.17) is 10.8 Å². The number of hydrogen-bond donors (Lipinski definition) is 4. The molecule has 1 rings (SSSR count). The van der Waals surface area contributed by atoms with E-state index in [1.807, 2.05) is 0 Å². The van der Waals surface area contributed by atoms with E-state index >= 15 is 0 Å². The van der Waals surface area contributed by atoms with E-state index < -0.39 is 17.9 Å². The number of carbonyl (C=O) groups excluding carboxylic acids is 2. The van der Waals surface area contributed by atoms with Crippen molar-refractivity contribution in [3.05, 3.63) is 35.4 Å². The van der Waals surface area contributed by atoms with Crippen LogP contribution in [0, 0.1) is 5.92 Å². The zero-order chi connectivity index (χ0) is 15.8. The van der Waals surface area contributed by atoms with Crippen LogP contribution in [-0.4, -0.2) is 29.6 Å². The number of carboxylic acids is 1. The maximum Gasteiger partial charge on any atom is 0.312 e. The zero-order valence-corrected chi connectivity index (χ0v) is 11.8. The summed E-state index contributed by atoms with van der Waals surface area (Å²) >= 11 is 0. The average Bonchev–Trinajstić information content (AvgIpc) is 2.45. The summed E-state index contributed by atoms with van der Waals surface area (Å²) in [5, 5.41) is 13.8. The first kappa shape index (κ1) is 16.5. The maximum absolute atomic E-state index is 11.8. The van der Waals surface area contributed by atoms with Gasteiger partial charge in [0.05, 0.1) is 5.92 Å². The number of nitrogens with one attached hydrogen (secondary N) is 2. The first-order valence-electron chi connectivity index (χ1n) is 6.53. The Hall–Kier alpha value is -2.57. The van der Waals surface area contributed by atoms with Gasteiger partial charge in [-0.25, -0.2) is 4.79 Å². The van der Waals surface area contributed by atoms with E-state index in [2.05, 4.69) is 10.6 Å². The maximum atomic E-state index is 11.8. The lowest BCUT2D eigenvalue weighted by Crippen LogP contribution is -2.29. The summed E-state index contributed by atoms with van der Waals surface area (Å²) in [6.07, 6.45) is 0.377. The fourth-order valence-corrected chi connectivity index (χ4v) is 1.59. The smallest absolute Gasteiger partial charge is 0.312 e. The highest BCUT2D eigenvalue weighted by atomic mass is 16.4. The second-order valence-corrected chi connectivity index (χ2v) is 4.70. The quantitative estimate of drug-likeness (QED) is 0.591. The van der Waals surface area contributed by atoms with Crippen molar-refractivity contribution in [2.24, 2.45) is 11.7 Å². The van der Waals surface area contributed by atoms with Crippen molar-refractivity contribution in [1.82, 2.24) is 10.6 Å². The Balaban J connectivity index is 2.44. The summed E-state index contributed by atoms with van der Waals surface area (Å²) in [6, 6.07) is 6.08. The highest BCUT2D eigenvalue weighted by molar-refractivity contribution is 5.94. The minimum Gasteiger partial charge on any atom is -0.481 e. The molecule has 5 N–H and O–H groups in total. The molecule has 7 nitrogen and oxygen atoms in total. The number of urea groups is 1. The molecule has 21 heavy (non-hydrogen) atoms. The third-order valence-electron chi connectivity index (χ3n) is 2.97. The zero-order valence-electron chi connectivity index (χ0n) is 11.8. The number of hydrogen-bond acceptors (Lipinski definition) is 3. The monoisotopic (exact) mass is 293 g/mol. The van der Waals surface area contributed by atoms with Crippen molar-refractivity contribution in [2.75, 3.05) is 6.54 Å². The van der Waals surface area contributed by atoms with E-state index in [1.165, 1.54) is 0 Å². The van der Waals surface area contributed by atoms with Gasteiger partial charge >= 0.3 is 12.0 Å². The lowest BCUT2D eigenvalue weighted by atomic mass is 10.1. The molecule has 7 heteroatoms. The normalized spacial score (nSPS) is 11.5. The molecule has 0 aliphatic heterocycles. The van der Waals surface area contributed by atoms with Gasteiger partial charge in [-0.3, -0.25) is 9.59 Å². The van der Waals surface area contributed by atoms with Crippen LogP contribution in [0.1, 0.15) is 29.3 Å². The number of aliphatic carboxylic acids is 1. The van der Waals surface area contributed by atoms with E-state index in [0.717, 1.165) is 5.56 Å². The molecule has 1 atom stereocenters. The third-order valence-corrected chi connectivity index (χ3v) is 2.97. The highest BCUT2D eigenvalue weighted by Gasteiger charge is 2.11. The summed E-state index contributed by atoms with van der Waals surface area (Å²) in [5.74, 6) is -1.63. The largest absolute Gasteiger partial charge is 0.481 e. The van der Waals surface area contributed by atoms with Crippen LogP contribution < -0.4 is 16.4 Å². The van der Waals surface area contributed by atoms with Crippen molar-refractivity contribution >= 4 is 17.9 Å². The van der Waals surface area contributed by atoms with Crippen LogP contribution in [0.25, 0.3) is 0 Å². The summed E-state index contributed by atoms with van der Waals surface area (Å²) < 4.78 is 0. The van der Waals surface area contributed by atoms with E-state index in [1.54, 1.807) is 31.2 Å². The number of nitrogens with two attached hydrogens (primary N) is 1. The molecule has 0 aromatic heterocycles. The molecule has 1 unspecified atom stereocenters. The Morgan fingerprint density at radius 1 is 1.19 bits per heavy atom. The number of amides is 3. The molecule has 0 fully saturated rings. The minimum atomic E-state index is -0.879. The van der Waals surface area contributed by atoms with Crippen LogP contribution in [0.3, 0.4) is 0 Å². The average molecular weight is 293 g/mol. The summed E-state index contributed by atoms with van der Waals surface area (Å²) in [6.45, 7) is 2.19. The van der Waals surface area contributed by atoms with Crippen LogP contribution in [0.2, 0.25) is 0 Å². The van der Waals surface area contributed by atoms with Gasteiger partial charge in [0, 0.05) is 18.7 Å². The number of rotatable bonds is 7. The lowest BCUT2D eigenvalue weighted by molar-refractivity contribution is -0.141. The lowest BCUT2D eigenvalue weighted by Gasteiger charge is -2.08. The molecule has 1 aromatic carbocycles. The van der Waals surface area contributed by atoms with Crippen LogP contribution in [-0.2, 0) is 11.3 Å². The second-order valence-electron chi connectivity index (χ2n) is 4.70. The molecule has 3 amide bonds. The Labute approximate surface area is 122 Å². The highest BCUT2D eigenvalue weighted by Crippen LogP contribution is 2.05. The van der Waals surface area contributed by atoms with Crippen LogP contribution in [0.4, 0.5) is 4.79 Å². The van der Waals surface area contributed by atoms with Crippen LogP contribution >= 0.6 is 0 Å². The minimum absolute atomic E-state index is 0.262. The van der Waals surface area contributed by atoms with E-state index in [-0.39, 0.29) is 5.91 Å². The first-order valence-corrected chi connectivity index (χ1v) is 6.53. The van der Waals surface area contributed by atoms with Gasteiger partial charge in [0.1, 0.15) is 0 Å². The molecule has 0 saturated heterocycles. The van der Waals surface area contributed by atoms with Crippen LogP contribution in [0.5, 0.6) is 0 Å². The number of primary amides is 1. The molecule has 0 aliphatic carbocycles. The van der Waals surface area contributed by atoms with E-state index in [0.29, 0.717) is 25.1 Å². The number of carboxylic acid groups (broad SMARTS) is 1. The Kier molecular flexibility index (Phi) is 6.19. The Morgan fingerprint density at radius 3 is 2.33 bits per heavy atom. The molecular formula is C14H19N3O4. The number of benzene rings is 1.